The van der Waals surface area contributed by atoms with Gasteiger partial charge >= 0.3 is 11.8 Å². The smallest absolute Gasteiger partial charge is 0.314 e. The maximum absolute atomic E-state index is 12.3. The van der Waals surface area contributed by atoms with Crippen LogP contribution in [0.1, 0.15) is 18.2 Å². The fraction of sp³-hybridized carbons (Fsp3) is 0.200. The van der Waals surface area contributed by atoms with Crippen molar-refractivity contribution in [2.45, 2.75) is 20.4 Å². The summed E-state index contributed by atoms with van der Waals surface area (Å²) in [5.74, 6) is -1.43. The molecule has 154 valence electrons. The van der Waals surface area contributed by atoms with Crippen molar-refractivity contribution in [2.24, 2.45) is 9.98 Å². The van der Waals surface area contributed by atoms with Gasteiger partial charge in [-0.05, 0) is 31.5 Å². The normalized spacial score (nSPS) is 13.4. The number of carbonyl (C=O) groups excluding carboxylic acids is 3. The number of nitrogens with zero attached hydrogens (tertiary/aromatic N) is 4. The number of aliphatic imine (C=N–C) groups is 2. The molecule has 30 heavy (non-hydrogen) atoms. The summed E-state index contributed by atoms with van der Waals surface area (Å²) >= 11 is 0. The number of benzene rings is 1. The lowest BCUT2D eigenvalue weighted by Crippen LogP contribution is -2.36. The van der Waals surface area contributed by atoms with Crippen molar-refractivity contribution in [2.75, 3.05) is 12.4 Å². The largest absolute Gasteiger partial charge is 0.497 e. The van der Waals surface area contributed by atoms with E-state index in [4.69, 9.17) is 4.74 Å². The number of amides is 3. The Morgan fingerprint density at radius 3 is 2.47 bits per heavy atom. The number of ether oxygens (including phenoxy) is 1. The third-order valence-corrected chi connectivity index (χ3v) is 4.25. The Morgan fingerprint density at radius 2 is 1.83 bits per heavy atom. The number of aromatic nitrogens is 2. The van der Waals surface area contributed by atoms with Gasteiger partial charge in [0.15, 0.2) is 0 Å². The van der Waals surface area contributed by atoms with Gasteiger partial charge < -0.3 is 15.4 Å². The van der Waals surface area contributed by atoms with E-state index >= 15 is 0 Å². The van der Waals surface area contributed by atoms with Crippen molar-refractivity contribution in [3.8, 4) is 5.75 Å². The molecule has 3 amide bonds. The highest BCUT2D eigenvalue weighted by Gasteiger charge is 2.22. The highest BCUT2D eigenvalue weighted by molar-refractivity contribution is 6.39. The minimum absolute atomic E-state index is 0.0214. The molecule has 0 unspecified atom stereocenters. The summed E-state index contributed by atoms with van der Waals surface area (Å²) < 4.78 is 6.27. The predicted molar refractivity (Wildman–Crippen MR) is 111 cm³/mol. The molecule has 2 aromatic rings. The fourth-order valence-corrected chi connectivity index (χ4v) is 2.57. The highest BCUT2D eigenvalue weighted by Crippen LogP contribution is 2.15. The van der Waals surface area contributed by atoms with Crippen molar-refractivity contribution in [1.82, 2.24) is 15.1 Å². The van der Waals surface area contributed by atoms with E-state index in [-0.39, 0.29) is 23.9 Å². The molecule has 0 spiro atoms. The molecule has 1 aromatic heterocycles. The lowest BCUT2D eigenvalue weighted by molar-refractivity contribution is -0.136. The molecule has 0 aliphatic carbocycles. The average Bonchev–Trinajstić information content (AvgIpc) is 3.10. The summed E-state index contributed by atoms with van der Waals surface area (Å²) in [6, 6.07) is 8.61. The van der Waals surface area contributed by atoms with E-state index in [1.807, 2.05) is 0 Å². The van der Waals surface area contributed by atoms with Gasteiger partial charge in [0, 0.05) is 12.6 Å². The molecule has 2 heterocycles. The lowest BCUT2D eigenvalue weighted by atomic mass is 10.2. The third kappa shape index (κ3) is 4.49. The van der Waals surface area contributed by atoms with Crippen molar-refractivity contribution in [3.63, 3.8) is 0 Å². The number of hydrogen-bond donors (Lipinski definition) is 2. The first-order valence-corrected chi connectivity index (χ1v) is 8.95. The van der Waals surface area contributed by atoms with E-state index in [0.717, 1.165) is 5.56 Å². The average molecular weight is 408 g/mol. The monoisotopic (exact) mass is 408 g/mol. The topological polar surface area (TPSA) is 127 Å². The van der Waals surface area contributed by atoms with Gasteiger partial charge in [-0.25, -0.2) is 4.99 Å². The van der Waals surface area contributed by atoms with Gasteiger partial charge in [-0.1, -0.05) is 18.7 Å². The van der Waals surface area contributed by atoms with Crippen LogP contribution in [0.15, 0.2) is 52.5 Å². The Kier molecular flexibility index (Phi) is 5.86. The van der Waals surface area contributed by atoms with Gasteiger partial charge in [-0.3, -0.25) is 14.4 Å². The maximum Gasteiger partial charge on any atom is 0.314 e. The summed E-state index contributed by atoms with van der Waals surface area (Å²) in [7, 11) is 1.56. The number of anilines is 1. The molecule has 0 bridgehead atoms. The zero-order valence-electron chi connectivity index (χ0n) is 16.7. The third-order valence-electron chi connectivity index (χ3n) is 4.25. The molecule has 1 aliphatic heterocycles. The first-order chi connectivity index (χ1) is 14.3. The molecule has 0 saturated heterocycles. The molecular weight excluding hydrogens is 388 g/mol. The fourth-order valence-electron chi connectivity index (χ4n) is 2.57. The number of nitrogens with one attached hydrogen (secondary N) is 2. The molecule has 0 saturated carbocycles. The second-order valence-electron chi connectivity index (χ2n) is 6.46. The highest BCUT2D eigenvalue weighted by atomic mass is 16.5. The van der Waals surface area contributed by atoms with Crippen LogP contribution in [0.25, 0.3) is 0 Å². The molecule has 0 fully saturated rings. The Labute approximate surface area is 172 Å². The zero-order valence-corrected chi connectivity index (χ0v) is 16.7. The van der Waals surface area contributed by atoms with Gasteiger partial charge in [0.2, 0.25) is 0 Å². The van der Waals surface area contributed by atoms with Crippen LogP contribution in [0.4, 0.5) is 5.82 Å². The summed E-state index contributed by atoms with van der Waals surface area (Å²) in [6.45, 7) is 7.09. The van der Waals surface area contributed by atoms with Crippen LogP contribution in [0.2, 0.25) is 0 Å². The molecule has 0 atom stereocenters. The molecule has 10 nitrogen and oxygen atoms in total. The van der Waals surface area contributed by atoms with Crippen LogP contribution in [0.5, 0.6) is 5.75 Å². The van der Waals surface area contributed by atoms with Crippen molar-refractivity contribution >= 4 is 35.2 Å². The van der Waals surface area contributed by atoms with Crippen LogP contribution in [0, 0.1) is 6.92 Å². The number of aryl methyl sites for hydroxylation is 1. The summed E-state index contributed by atoms with van der Waals surface area (Å²) in [5, 5.41) is 9.20. The minimum Gasteiger partial charge on any atom is -0.497 e. The summed E-state index contributed by atoms with van der Waals surface area (Å²) in [6.07, 6.45) is 0. The molecule has 3 rings (SSSR count). The van der Waals surface area contributed by atoms with Gasteiger partial charge in [0.05, 0.1) is 24.1 Å². The van der Waals surface area contributed by atoms with Gasteiger partial charge in [0.1, 0.15) is 11.6 Å². The first-order valence-electron chi connectivity index (χ1n) is 8.95. The number of carbonyl (C=O) groups is 3. The van der Waals surface area contributed by atoms with Gasteiger partial charge in [-0.2, -0.15) is 14.8 Å². The van der Waals surface area contributed by atoms with Crippen LogP contribution in [-0.4, -0.2) is 46.3 Å². The molecule has 1 aromatic carbocycles. The summed E-state index contributed by atoms with van der Waals surface area (Å²) in [5.41, 5.74) is 1.92. The Morgan fingerprint density at radius 1 is 1.13 bits per heavy atom. The van der Waals surface area contributed by atoms with E-state index in [9.17, 15) is 14.4 Å². The van der Waals surface area contributed by atoms with E-state index in [2.05, 4.69) is 32.3 Å². The molecular formula is C20H20N6O4. The van der Waals surface area contributed by atoms with Crippen LogP contribution >= 0.6 is 0 Å². The van der Waals surface area contributed by atoms with E-state index in [1.165, 1.54) is 10.7 Å². The van der Waals surface area contributed by atoms with E-state index in [1.54, 1.807) is 45.2 Å². The van der Waals surface area contributed by atoms with E-state index in [0.29, 0.717) is 17.2 Å². The van der Waals surface area contributed by atoms with E-state index < -0.39 is 17.7 Å². The molecule has 10 heteroatoms. The van der Waals surface area contributed by atoms with Crippen LogP contribution in [-0.2, 0) is 20.9 Å². The number of hydrogen-bond acceptors (Lipinski definition) is 6. The van der Waals surface area contributed by atoms with Gasteiger partial charge in [-0.15, -0.1) is 0 Å². The predicted octanol–water partition coefficient (Wildman–Crippen LogP) is 1.22. The van der Waals surface area contributed by atoms with Crippen molar-refractivity contribution < 1.29 is 19.1 Å². The molecule has 2 N–H and O–H groups in total. The quantitative estimate of drug-likeness (QED) is 0.581. The summed E-state index contributed by atoms with van der Waals surface area (Å²) in [4.78, 5) is 44.4. The molecule has 0 radical (unpaired) electrons. The number of methoxy groups -OCH3 is 1. The first kappa shape index (κ1) is 20.6. The SMILES string of the molecule is C=C1C(=O)N=C(n2nc(C)cc2NC(=O)C(=O)NCc2ccc(OC)cc2)N=C1C. The lowest BCUT2D eigenvalue weighted by Gasteiger charge is -2.12. The van der Waals surface area contributed by atoms with Crippen molar-refractivity contribution in [1.29, 1.82) is 0 Å². The molecule has 1 aliphatic rings. The minimum atomic E-state index is -0.891. The van der Waals surface area contributed by atoms with Gasteiger partial charge in [0.25, 0.3) is 11.9 Å². The second-order valence-corrected chi connectivity index (χ2v) is 6.46. The maximum atomic E-state index is 12.3. The Hall–Kier alpha value is -4.08. The van der Waals surface area contributed by atoms with Crippen LogP contribution < -0.4 is 15.4 Å². The standard InChI is InChI=1S/C20H20N6O4/c1-11-9-16(26(25-11)20-22-13(3)12(2)17(27)24-20)23-19(29)18(28)21-10-14-5-7-15(30-4)8-6-14/h5-9H,2,10H2,1,3-4H3,(H,21,28)(H,23,29). The Balaban J connectivity index is 1.69. The van der Waals surface area contributed by atoms with Crippen molar-refractivity contribution in [3.05, 3.63) is 53.7 Å². The van der Waals surface area contributed by atoms with Crippen LogP contribution in [0.3, 0.4) is 0 Å². The Bertz CT molecular complexity index is 1100. The zero-order chi connectivity index (χ0) is 21.8. The number of rotatable bonds is 4. The second kappa shape index (κ2) is 8.52.